The van der Waals surface area contributed by atoms with Crippen LogP contribution in [-0.4, -0.2) is 11.5 Å². The highest BCUT2D eigenvalue weighted by Gasteiger charge is 2.41. The van der Waals surface area contributed by atoms with Gasteiger partial charge in [-0.1, -0.05) is 22.4 Å². The summed E-state index contributed by atoms with van der Waals surface area (Å²) in [6.45, 7) is 0. The van der Waals surface area contributed by atoms with Gasteiger partial charge >= 0.3 is 6.18 Å². The van der Waals surface area contributed by atoms with Crippen LogP contribution in [0.3, 0.4) is 0 Å². The smallest absolute Gasteiger partial charge is 0.171 e. The summed E-state index contributed by atoms with van der Waals surface area (Å²) in [6, 6.07) is 0. The maximum absolute atomic E-state index is 12.2. The van der Waals surface area contributed by atoms with Gasteiger partial charge < -0.3 is 0 Å². The van der Waals surface area contributed by atoms with Gasteiger partial charge in [-0.15, -0.1) is 0 Å². The molecule has 0 spiro atoms. The zero-order valence-corrected chi connectivity index (χ0v) is 8.29. The van der Waals surface area contributed by atoms with Crippen molar-refractivity contribution in [3.8, 4) is 0 Å². The molecule has 0 aromatic heterocycles. The molecular formula is C8H12BrF3. The molecule has 2 unspecified atom stereocenters. The van der Waals surface area contributed by atoms with Crippen molar-refractivity contribution in [1.29, 1.82) is 0 Å². The number of hydrogen-bond donors (Lipinski definition) is 0. The van der Waals surface area contributed by atoms with Gasteiger partial charge in [0.05, 0.1) is 5.92 Å². The molecule has 0 aromatic rings. The van der Waals surface area contributed by atoms with Crippen molar-refractivity contribution in [3.63, 3.8) is 0 Å². The van der Waals surface area contributed by atoms with Crippen LogP contribution in [0.15, 0.2) is 0 Å². The van der Waals surface area contributed by atoms with Crippen molar-refractivity contribution in [2.45, 2.75) is 31.9 Å². The summed E-state index contributed by atoms with van der Waals surface area (Å²) < 4.78 is 36.7. The molecule has 72 valence electrons. The van der Waals surface area contributed by atoms with Gasteiger partial charge in [0.1, 0.15) is 0 Å². The zero-order valence-electron chi connectivity index (χ0n) is 6.70. The van der Waals surface area contributed by atoms with Crippen LogP contribution in [-0.2, 0) is 0 Å². The number of alkyl halides is 4. The van der Waals surface area contributed by atoms with E-state index in [-0.39, 0.29) is 5.92 Å². The van der Waals surface area contributed by atoms with Gasteiger partial charge in [0.25, 0.3) is 0 Å². The molecule has 12 heavy (non-hydrogen) atoms. The normalized spacial score (nSPS) is 32.0. The lowest BCUT2D eigenvalue weighted by Gasteiger charge is -2.29. The monoisotopic (exact) mass is 244 g/mol. The van der Waals surface area contributed by atoms with Gasteiger partial charge in [-0.3, -0.25) is 0 Å². The largest absolute Gasteiger partial charge is 0.391 e. The van der Waals surface area contributed by atoms with Crippen LogP contribution < -0.4 is 0 Å². The lowest BCUT2D eigenvalue weighted by Crippen LogP contribution is -2.29. The average molecular weight is 245 g/mol. The fraction of sp³-hybridized carbons (Fsp3) is 1.00. The van der Waals surface area contributed by atoms with E-state index in [1.165, 1.54) is 0 Å². The van der Waals surface area contributed by atoms with Crippen molar-refractivity contribution in [3.05, 3.63) is 0 Å². The first kappa shape index (κ1) is 10.4. The highest BCUT2D eigenvalue weighted by atomic mass is 79.9. The number of hydrogen-bond acceptors (Lipinski definition) is 0. The predicted molar refractivity (Wildman–Crippen MR) is 45.3 cm³/mol. The second-order valence-corrected chi connectivity index (χ2v) is 4.07. The van der Waals surface area contributed by atoms with Gasteiger partial charge in [-0.05, 0) is 25.2 Å². The van der Waals surface area contributed by atoms with E-state index >= 15 is 0 Å². The molecule has 1 aliphatic carbocycles. The fourth-order valence-electron chi connectivity index (χ4n) is 1.73. The third kappa shape index (κ3) is 2.64. The van der Waals surface area contributed by atoms with Crippen LogP contribution in [0.25, 0.3) is 0 Å². The summed E-state index contributed by atoms with van der Waals surface area (Å²) in [7, 11) is 0. The van der Waals surface area contributed by atoms with Crippen molar-refractivity contribution in [2.24, 2.45) is 11.8 Å². The molecule has 0 aliphatic heterocycles. The molecule has 4 heteroatoms. The lowest BCUT2D eigenvalue weighted by molar-refractivity contribution is -0.185. The number of rotatable bonds is 1. The molecule has 0 amide bonds. The quantitative estimate of drug-likeness (QED) is 0.617. The minimum absolute atomic E-state index is 0.227. The molecule has 0 aromatic carbocycles. The van der Waals surface area contributed by atoms with Crippen molar-refractivity contribution in [1.82, 2.24) is 0 Å². The highest BCUT2D eigenvalue weighted by molar-refractivity contribution is 9.09. The molecular weight excluding hydrogens is 233 g/mol. The molecule has 1 fully saturated rings. The Morgan fingerprint density at radius 3 is 2.42 bits per heavy atom. The first-order chi connectivity index (χ1) is 5.54. The van der Waals surface area contributed by atoms with E-state index in [9.17, 15) is 13.2 Å². The molecule has 0 heterocycles. The minimum atomic E-state index is -3.97. The molecule has 0 saturated heterocycles. The zero-order chi connectivity index (χ0) is 9.19. The van der Waals surface area contributed by atoms with E-state index in [1.54, 1.807) is 0 Å². The Kier molecular flexibility index (Phi) is 3.44. The SMILES string of the molecule is FC(F)(F)C1CCCC(CBr)C1. The third-order valence-corrected chi connectivity index (χ3v) is 3.38. The summed E-state index contributed by atoms with van der Waals surface area (Å²) in [5, 5.41) is 0.708. The van der Waals surface area contributed by atoms with E-state index < -0.39 is 12.1 Å². The highest BCUT2D eigenvalue weighted by Crippen LogP contribution is 2.40. The second-order valence-electron chi connectivity index (χ2n) is 3.43. The third-order valence-electron chi connectivity index (χ3n) is 2.46. The van der Waals surface area contributed by atoms with Gasteiger partial charge in [0, 0.05) is 5.33 Å². The summed E-state index contributed by atoms with van der Waals surface area (Å²) in [5.74, 6) is -0.820. The van der Waals surface area contributed by atoms with Gasteiger partial charge in [0.2, 0.25) is 0 Å². The molecule has 1 saturated carbocycles. The Labute approximate surface area is 78.7 Å². The molecule has 1 rings (SSSR count). The van der Waals surface area contributed by atoms with Crippen molar-refractivity contribution < 1.29 is 13.2 Å². The van der Waals surface area contributed by atoms with Gasteiger partial charge in [0.15, 0.2) is 0 Å². The van der Waals surface area contributed by atoms with Gasteiger partial charge in [-0.25, -0.2) is 0 Å². The topological polar surface area (TPSA) is 0 Å². The fourth-order valence-corrected chi connectivity index (χ4v) is 2.32. The minimum Gasteiger partial charge on any atom is -0.171 e. The Morgan fingerprint density at radius 2 is 1.92 bits per heavy atom. The second kappa shape index (κ2) is 3.99. The molecule has 0 nitrogen and oxygen atoms in total. The van der Waals surface area contributed by atoms with Crippen LogP contribution >= 0.6 is 15.9 Å². The Hall–Kier alpha value is 0.270. The van der Waals surface area contributed by atoms with Crippen LogP contribution in [0, 0.1) is 11.8 Å². The molecule has 1 aliphatic rings. The lowest BCUT2D eigenvalue weighted by atomic mass is 9.82. The molecule has 0 N–H and O–H groups in total. The van der Waals surface area contributed by atoms with Crippen molar-refractivity contribution >= 4 is 15.9 Å². The standard InChI is InChI=1S/C8H12BrF3/c9-5-6-2-1-3-7(4-6)8(10,11)12/h6-7H,1-5H2. The Balaban J connectivity index is 2.46. The van der Waals surface area contributed by atoms with E-state index in [0.29, 0.717) is 18.2 Å². The van der Waals surface area contributed by atoms with E-state index in [2.05, 4.69) is 15.9 Å². The predicted octanol–water partition coefficient (Wildman–Crippen LogP) is 3.75. The Bertz CT molecular complexity index is 144. The van der Waals surface area contributed by atoms with Crippen LogP contribution in [0.2, 0.25) is 0 Å². The first-order valence-corrected chi connectivity index (χ1v) is 5.29. The Morgan fingerprint density at radius 1 is 1.25 bits per heavy atom. The van der Waals surface area contributed by atoms with E-state index in [4.69, 9.17) is 0 Å². The molecule has 0 radical (unpaired) electrons. The maximum Gasteiger partial charge on any atom is 0.391 e. The summed E-state index contributed by atoms with van der Waals surface area (Å²) in [5.41, 5.74) is 0. The molecule has 0 bridgehead atoms. The van der Waals surface area contributed by atoms with Gasteiger partial charge in [-0.2, -0.15) is 13.2 Å². The maximum atomic E-state index is 12.2. The average Bonchev–Trinajstić information content (AvgIpc) is 2.03. The van der Waals surface area contributed by atoms with Crippen molar-refractivity contribution in [2.75, 3.05) is 5.33 Å². The van der Waals surface area contributed by atoms with Crippen LogP contribution in [0.4, 0.5) is 13.2 Å². The van der Waals surface area contributed by atoms with E-state index in [0.717, 1.165) is 12.8 Å². The van der Waals surface area contributed by atoms with E-state index in [1.807, 2.05) is 0 Å². The van der Waals surface area contributed by atoms with Crippen LogP contribution in [0.1, 0.15) is 25.7 Å². The summed E-state index contributed by atoms with van der Waals surface area (Å²) in [6.07, 6.45) is -1.67. The number of halogens is 4. The molecule has 2 atom stereocenters. The first-order valence-electron chi connectivity index (χ1n) is 4.16. The van der Waals surface area contributed by atoms with Crippen LogP contribution in [0.5, 0.6) is 0 Å². The summed E-state index contributed by atoms with van der Waals surface area (Å²) in [4.78, 5) is 0. The summed E-state index contributed by atoms with van der Waals surface area (Å²) >= 11 is 3.24.